The van der Waals surface area contributed by atoms with Crippen molar-refractivity contribution in [3.8, 4) is 28.5 Å². The molecule has 36 heavy (non-hydrogen) atoms. The zero-order valence-electron chi connectivity index (χ0n) is 21.3. The Morgan fingerprint density at radius 2 is 1.61 bits per heavy atom. The molecule has 1 fully saturated rings. The van der Waals surface area contributed by atoms with Gasteiger partial charge in [0, 0.05) is 28.5 Å². The van der Waals surface area contributed by atoms with Crippen molar-refractivity contribution in [3.05, 3.63) is 89.1 Å². The standard InChI is InChI=1S/C33H31N2O/c1-21-12-17-27-28-19-26(20-34)22(2)31(25-15-13-24(14-16-25)23-9-5-4-6-10-23)33(28)36-32(27)30(21)29-11-7-8-18-35(29)3/h7-8,11-19,23H,4-6,9-10H2,1-3H3/q+1. The van der Waals surface area contributed by atoms with Crippen LogP contribution < -0.4 is 4.57 Å². The summed E-state index contributed by atoms with van der Waals surface area (Å²) in [4.78, 5) is 0. The second-order valence-corrected chi connectivity index (χ2v) is 10.3. The van der Waals surface area contributed by atoms with Crippen LogP contribution in [0, 0.1) is 25.2 Å². The molecule has 3 nitrogen and oxygen atoms in total. The molecule has 3 heteroatoms. The summed E-state index contributed by atoms with van der Waals surface area (Å²) < 4.78 is 8.89. The zero-order chi connectivity index (χ0) is 24.8. The molecule has 5 aromatic rings. The molecule has 2 heterocycles. The van der Waals surface area contributed by atoms with Crippen molar-refractivity contribution in [2.45, 2.75) is 51.9 Å². The summed E-state index contributed by atoms with van der Waals surface area (Å²) in [6.07, 6.45) is 8.66. The van der Waals surface area contributed by atoms with Crippen LogP contribution in [-0.2, 0) is 7.05 Å². The largest absolute Gasteiger partial charge is 0.454 e. The molecule has 0 saturated heterocycles. The van der Waals surface area contributed by atoms with E-state index in [1.165, 1.54) is 43.2 Å². The predicted octanol–water partition coefficient (Wildman–Crippen LogP) is 8.28. The van der Waals surface area contributed by atoms with E-state index in [9.17, 15) is 5.26 Å². The van der Waals surface area contributed by atoms with Gasteiger partial charge in [0.05, 0.1) is 17.2 Å². The van der Waals surface area contributed by atoms with Crippen LogP contribution in [0.2, 0.25) is 0 Å². The molecule has 0 radical (unpaired) electrons. The molecule has 1 saturated carbocycles. The lowest BCUT2D eigenvalue weighted by Crippen LogP contribution is -2.30. The minimum absolute atomic E-state index is 0.669. The summed E-state index contributed by atoms with van der Waals surface area (Å²) in [5, 5.41) is 12.0. The molecule has 178 valence electrons. The molecular formula is C33H31N2O+. The van der Waals surface area contributed by atoms with Crippen molar-refractivity contribution < 1.29 is 8.98 Å². The van der Waals surface area contributed by atoms with Gasteiger partial charge in [-0.1, -0.05) is 55.7 Å². The highest BCUT2D eigenvalue weighted by atomic mass is 16.3. The number of fused-ring (bicyclic) bond motifs is 3. The third kappa shape index (κ3) is 3.60. The van der Waals surface area contributed by atoms with Gasteiger partial charge in [-0.2, -0.15) is 5.26 Å². The highest BCUT2D eigenvalue weighted by Crippen LogP contribution is 2.43. The summed E-state index contributed by atoms with van der Waals surface area (Å²) in [7, 11) is 2.06. The molecule has 6 rings (SSSR count). The van der Waals surface area contributed by atoms with Gasteiger partial charge in [0.1, 0.15) is 18.2 Å². The van der Waals surface area contributed by atoms with Gasteiger partial charge >= 0.3 is 0 Å². The fraction of sp³-hybridized carbons (Fsp3) is 0.273. The normalized spacial score (nSPS) is 14.4. The van der Waals surface area contributed by atoms with Crippen LogP contribution in [0.25, 0.3) is 44.3 Å². The Bertz CT molecular complexity index is 1640. The van der Waals surface area contributed by atoms with E-state index in [2.05, 4.69) is 79.3 Å². The average molecular weight is 472 g/mol. The first-order chi connectivity index (χ1) is 17.6. The number of hydrogen-bond acceptors (Lipinski definition) is 2. The Morgan fingerprint density at radius 3 is 2.33 bits per heavy atom. The third-order valence-electron chi connectivity index (χ3n) is 8.11. The minimum atomic E-state index is 0.669. The van der Waals surface area contributed by atoms with Crippen molar-refractivity contribution in [2.75, 3.05) is 0 Å². The van der Waals surface area contributed by atoms with Gasteiger partial charge in [-0.15, -0.1) is 0 Å². The number of pyridine rings is 1. The highest BCUT2D eigenvalue weighted by Gasteiger charge is 2.24. The van der Waals surface area contributed by atoms with E-state index in [1.54, 1.807) is 0 Å². The van der Waals surface area contributed by atoms with Crippen LogP contribution in [0.1, 0.15) is 60.3 Å². The number of nitriles is 1. The molecular weight excluding hydrogens is 440 g/mol. The first-order valence-corrected chi connectivity index (χ1v) is 13.0. The van der Waals surface area contributed by atoms with Gasteiger partial charge in [-0.3, -0.25) is 0 Å². The molecule has 1 aliphatic carbocycles. The van der Waals surface area contributed by atoms with Crippen LogP contribution in [0.15, 0.2) is 71.3 Å². The van der Waals surface area contributed by atoms with Crippen molar-refractivity contribution in [3.63, 3.8) is 0 Å². The zero-order valence-corrected chi connectivity index (χ0v) is 21.3. The summed E-state index contributed by atoms with van der Waals surface area (Å²) in [5.41, 5.74) is 10.3. The molecule has 1 aliphatic rings. The summed E-state index contributed by atoms with van der Waals surface area (Å²) in [5.74, 6) is 0.669. The first-order valence-electron chi connectivity index (χ1n) is 13.0. The van der Waals surface area contributed by atoms with E-state index in [1.807, 2.05) is 19.1 Å². The van der Waals surface area contributed by atoms with Gasteiger partial charge in [-0.25, -0.2) is 4.57 Å². The summed E-state index contributed by atoms with van der Waals surface area (Å²) >= 11 is 0. The Balaban J connectivity index is 1.60. The Labute approximate surface area is 212 Å². The van der Waals surface area contributed by atoms with Gasteiger partial charge < -0.3 is 4.42 Å². The maximum absolute atomic E-state index is 10.0. The summed E-state index contributed by atoms with van der Waals surface area (Å²) in [6, 6.07) is 24.0. The lowest BCUT2D eigenvalue weighted by molar-refractivity contribution is -0.660. The Hall–Kier alpha value is -3.90. The topological polar surface area (TPSA) is 40.8 Å². The molecule has 3 aromatic carbocycles. The fourth-order valence-electron chi connectivity index (χ4n) is 6.09. The Kier molecular flexibility index (Phi) is 5.61. The van der Waals surface area contributed by atoms with E-state index in [0.717, 1.165) is 49.9 Å². The molecule has 0 aliphatic heterocycles. The molecule has 0 amide bonds. The van der Waals surface area contributed by atoms with Gasteiger partial charge in [0.25, 0.3) is 0 Å². The number of nitrogens with zero attached hydrogens (tertiary/aromatic N) is 2. The van der Waals surface area contributed by atoms with E-state index in [0.29, 0.717) is 11.5 Å². The maximum atomic E-state index is 10.0. The van der Waals surface area contributed by atoms with E-state index in [-0.39, 0.29) is 0 Å². The summed E-state index contributed by atoms with van der Waals surface area (Å²) in [6.45, 7) is 4.17. The molecule has 0 spiro atoms. The Morgan fingerprint density at radius 1 is 0.861 bits per heavy atom. The number of hydrogen-bond donors (Lipinski definition) is 0. The van der Waals surface area contributed by atoms with Crippen LogP contribution in [-0.4, -0.2) is 0 Å². The molecule has 0 N–H and O–H groups in total. The molecule has 0 bridgehead atoms. The maximum Gasteiger partial charge on any atom is 0.216 e. The first kappa shape index (κ1) is 22.6. The van der Waals surface area contributed by atoms with E-state index < -0.39 is 0 Å². The van der Waals surface area contributed by atoms with Gasteiger partial charge in [-0.05, 0) is 67.0 Å². The second-order valence-electron chi connectivity index (χ2n) is 10.3. The van der Waals surface area contributed by atoms with Crippen LogP contribution in [0.4, 0.5) is 0 Å². The van der Waals surface area contributed by atoms with Crippen LogP contribution in [0.5, 0.6) is 0 Å². The number of aromatic nitrogens is 1. The SMILES string of the molecule is Cc1ccc2c(oc3c(-c4ccc(C5CCCCC5)cc4)c(C)c(C#N)cc32)c1-c1cccc[n+]1C. The van der Waals surface area contributed by atoms with Gasteiger partial charge in [0.2, 0.25) is 5.69 Å². The van der Waals surface area contributed by atoms with Gasteiger partial charge in [0.15, 0.2) is 6.20 Å². The number of aryl methyl sites for hydroxylation is 2. The smallest absolute Gasteiger partial charge is 0.216 e. The lowest BCUT2D eigenvalue weighted by atomic mass is 9.83. The van der Waals surface area contributed by atoms with Crippen LogP contribution in [0.3, 0.4) is 0 Å². The third-order valence-corrected chi connectivity index (χ3v) is 8.11. The van der Waals surface area contributed by atoms with Crippen molar-refractivity contribution in [2.24, 2.45) is 7.05 Å². The van der Waals surface area contributed by atoms with Crippen molar-refractivity contribution in [1.82, 2.24) is 0 Å². The monoisotopic (exact) mass is 471 g/mol. The number of rotatable bonds is 3. The minimum Gasteiger partial charge on any atom is -0.454 e. The molecule has 0 atom stereocenters. The fourth-order valence-corrected chi connectivity index (χ4v) is 6.09. The number of furan rings is 1. The molecule has 2 aromatic heterocycles. The highest BCUT2D eigenvalue weighted by molar-refractivity contribution is 6.14. The average Bonchev–Trinajstić information content (AvgIpc) is 3.27. The van der Waals surface area contributed by atoms with Crippen LogP contribution >= 0.6 is 0 Å². The predicted molar refractivity (Wildman–Crippen MR) is 146 cm³/mol. The van der Waals surface area contributed by atoms with E-state index >= 15 is 0 Å². The van der Waals surface area contributed by atoms with E-state index in [4.69, 9.17) is 4.42 Å². The lowest BCUT2D eigenvalue weighted by Gasteiger charge is -2.22. The quantitative estimate of drug-likeness (QED) is 0.248. The molecule has 0 unspecified atom stereocenters. The second kappa shape index (κ2) is 8.95. The van der Waals surface area contributed by atoms with Crippen molar-refractivity contribution >= 4 is 21.9 Å². The van der Waals surface area contributed by atoms with Crippen molar-refractivity contribution in [1.29, 1.82) is 5.26 Å². The number of benzene rings is 3.